The maximum Gasteiger partial charge on any atom is 0.335 e. The quantitative estimate of drug-likeness (QED) is 0.708. The summed E-state index contributed by atoms with van der Waals surface area (Å²) in [6.45, 7) is 5.33. The van der Waals surface area contributed by atoms with Gasteiger partial charge in [-0.3, -0.25) is 0 Å². The summed E-state index contributed by atoms with van der Waals surface area (Å²) in [4.78, 5) is 11.4. The first-order valence-electron chi connectivity index (χ1n) is 7.61. The van der Waals surface area contributed by atoms with Crippen LogP contribution in [0.1, 0.15) is 36.7 Å². The molecule has 0 saturated carbocycles. The molecule has 2 N–H and O–H groups in total. The molecular formula is C18H20BrNO4S. The number of benzene rings is 2. The summed E-state index contributed by atoms with van der Waals surface area (Å²) in [6.07, 6.45) is 0. The van der Waals surface area contributed by atoms with Crippen LogP contribution in [0.4, 0.5) is 0 Å². The SMILES string of the molecule is CC(C)(C)NS(=O)(=O)c1ccccc1-c1ccc(C(=O)O)c(CBr)c1. The van der Waals surface area contributed by atoms with Gasteiger partial charge in [-0.2, -0.15) is 0 Å². The molecular weight excluding hydrogens is 406 g/mol. The molecule has 0 fully saturated rings. The Balaban J connectivity index is 2.61. The molecule has 7 heteroatoms. The van der Waals surface area contributed by atoms with E-state index in [9.17, 15) is 18.3 Å². The Morgan fingerprint density at radius 2 is 1.80 bits per heavy atom. The van der Waals surface area contributed by atoms with Crippen LogP contribution in [0.3, 0.4) is 0 Å². The number of sulfonamides is 1. The van der Waals surface area contributed by atoms with Crippen molar-refractivity contribution in [2.24, 2.45) is 0 Å². The fourth-order valence-corrected chi connectivity index (χ4v) is 4.59. The van der Waals surface area contributed by atoms with E-state index in [0.717, 1.165) is 0 Å². The standard InChI is InChI=1S/C18H20BrNO4S/c1-18(2,3)20-25(23,24)16-7-5-4-6-14(16)12-8-9-15(17(21)22)13(10-12)11-19/h4-10,20H,11H2,1-3H3,(H,21,22). The second-order valence-electron chi connectivity index (χ2n) is 6.66. The predicted octanol–water partition coefficient (Wildman–Crippen LogP) is 4.02. The van der Waals surface area contributed by atoms with Crippen LogP contribution in [0.2, 0.25) is 0 Å². The van der Waals surface area contributed by atoms with Crippen LogP contribution >= 0.6 is 15.9 Å². The highest BCUT2D eigenvalue weighted by Crippen LogP contribution is 2.30. The fraction of sp³-hybridized carbons (Fsp3) is 0.278. The van der Waals surface area contributed by atoms with Gasteiger partial charge in [0.2, 0.25) is 10.0 Å². The van der Waals surface area contributed by atoms with E-state index in [-0.39, 0.29) is 10.5 Å². The largest absolute Gasteiger partial charge is 0.478 e. The summed E-state index contributed by atoms with van der Waals surface area (Å²) < 4.78 is 28.2. The van der Waals surface area contributed by atoms with Crippen molar-refractivity contribution in [3.63, 3.8) is 0 Å². The van der Waals surface area contributed by atoms with Crippen molar-refractivity contribution in [1.29, 1.82) is 0 Å². The second kappa shape index (κ2) is 7.27. The monoisotopic (exact) mass is 425 g/mol. The van der Waals surface area contributed by atoms with Gasteiger partial charge in [-0.05, 0) is 50.1 Å². The first-order valence-corrected chi connectivity index (χ1v) is 10.2. The van der Waals surface area contributed by atoms with Gasteiger partial charge < -0.3 is 5.11 Å². The number of nitrogens with one attached hydrogen (secondary N) is 1. The van der Waals surface area contributed by atoms with Gasteiger partial charge in [0.25, 0.3) is 0 Å². The van der Waals surface area contributed by atoms with Gasteiger partial charge in [-0.15, -0.1) is 0 Å². The second-order valence-corrected chi connectivity index (χ2v) is 8.87. The molecule has 134 valence electrons. The lowest BCUT2D eigenvalue weighted by molar-refractivity contribution is 0.0696. The van der Waals surface area contributed by atoms with Crippen molar-refractivity contribution in [1.82, 2.24) is 4.72 Å². The molecule has 25 heavy (non-hydrogen) atoms. The van der Waals surface area contributed by atoms with Crippen molar-refractivity contribution in [3.8, 4) is 11.1 Å². The number of halogens is 1. The Morgan fingerprint density at radius 3 is 2.36 bits per heavy atom. The molecule has 2 aromatic carbocycles. The zero-order chi connectivity index (χ0) is 18.8. The molecule has 0 unspecified atom stereocenters. The third-order valence-corrected chi connectivity index (χ3v) is 5.83. The molecule has 0 aliphatic heterocycles. The summed E-state index contributed by atoms with van der Waals surface area (Å²) in [5, 5.41) is 9.60. The van der Waals surface area contributed by atoms with Gasteiger partial charge in [-0.25, -0.2) is 17.9 Å². The minimum Gasteiger partial charge on any atom is -0.478 e. The molecule has 0 amide bonds. The number of carboxylic acid groups (broad SMARTS) is 1. The van der Waals surface area contributed by atoms with Crippen LogP contribution in [0.15, 0.2) is 47.4 Å². The Morgan fingerprint density at radius 1 is 1.16 bits per heavy atom. The Hall–Kier alpha value is -1.70. The number of aromatic carboxylic acids is 1. The van der Waals surface area contributed by atoms with Crippen molar-refractivity contribution in [2.45, 2.75) is 36.5 Å². The molecule has 5 nitrogen and oxygen atoms in total. The minimum absolute atomic E-state index is 0.161. The summed E-state index contributed by atoms with van der Waals surface area (Å²) >= 11 is 3.29. The zero-order valence-electron chi connectivity index (χ0n) is 14.2. The van der Waals surface area contributed by atoms with E-state index in [0.29, 0.717) is 22.0 Å². The van der Waals surface area contributed by atoms with Crippen molar-refractivity contribution >= 4 is 31.9 Å². The van der Waals surface area contributed by atoms with Gasteiger partial charge >= 0.3 is 5.97 Å². The van der Waals surface area contributed by atoms with Gasteiger partial charge in [0.15, 0.2) is 0 Å². The Kier molecular flexibility index (Phi) is 5.71. The molecule has 0 aliphatic carbocycles. The zero-order valence-corrected chi connectivity index (χ0v) is 16.6. The molecule has 0 heterocycles. The van der Waals surface area contributed by atoms with Crippen molar-refractivity contribution in [2.75, 3.05) is 0 Å². The molecule has 0 spiro atoms. The molecule has 0 aromatic heterocycles. The van der Waals surface area contributed by atoms with Crippen molar-refractivity contribution < 1.29 is 18.3 Å². The Labute approximate surface area is 156 Å². The number of alkyl halides is 1. The summed E-state index contributed by atoms with van der Waals surface area (Å²) in [5.74, 6) is -1.02. The van der Waals surface area contributed by atoms with Crippen LogP contribution in [-0.4, -0.2) is 25.0 Å². The van der Waals surface area contributed by atoms with Crippen LogP contribution in [0, 0.1) is 0 Å². The first kappa shape index (κ1) is 19.6. The van der Waals surface area contributed by atoms with E-state index < -0.39 is 21.5 Å². The summed E-state index contributed by atoms with van der Waals surface area (Å²) in [6, 6.07) is 11.5. The van der Waals surface area contributed by atoms with E-state index in [4.69, 9.17) is 0 Å². The van der Waals surface area contributed by atoms with E-state index >= 15 is 0 Å². The molecule has 0 radical (unpaired) electrons. The van der Waals surface area contributed by atoms with E-state index in [1.165, 1.54) is 6.07 Å². The number of hydrogen-bond acceptors (Lipinski definition) is 3. The van der Waals surface area contributed by atoms with E-state index in [1.807, 2.05) is 0 Å². The number of carbonyl (C=O) groups is 1. The van der Waals surface area contributed by atoms with Crippen LogP contribution in [0.25, 0.3) is 11.1 Å². The lowest BCUT2D eigenvalue weighted by Crippen LogP contribution is -2.40. The average Bonchev–Trinajstić information content (AvgIpc) is 2.52. The smallest absolute Gasteiger partial charge is 0.335 e. The van der Waals surface area contributed by atoms with Crippen LogP contribution < -0.4 is 4.72 Å². The minimum atomic E-state index is -3.72. The van der Waals surface area contributed by atoms with Crippen LogP contribution in [0.5, 0.6) is 0 Å². The van der Waals surface area contributed by atoms with Gasteiger partial charge in [0.1, 0.15) is 0 Å². The normalized spacial score (nSPS) is 12.2. The third kappa shape index (κ3) is 4.68. The maximum absolute atomic E-state index is 12.8. The molecule has 0 atom stereocenters. The lowest BCUT2D eigenvalue weighted by Gasteiger charge is -2.21. The van der Waals surface area contributed by atoms with Crippen molar-refractivity contribution in [3.05, 3.63) is 53.6 Å². The highest BCUT2D eigenvalue weighted by Gasteiger charge is 2.25. The van der Waals surface area contributed by atoms with Gasteiger partial charge in [0, 0.05) is 16.4 Å². The van der Waals surface area contributed by atoms with Gasteiger partial charge in [0.05, 0.1) is 10.5 Å². The summed E-state index contributed by atoms with van der Waals surface area (Å²) in [7, 11) is -3.72. The average molecular weight is 426 g/mol. The summed E-state index contributed by atoms with van der Waals surface area (Å²) in [5.41, 5.74) is 1.34. The van der Waals surface area contributed by atoms with Crippen LogP contribution in [-0.2, 0) is 15.4 Å². The maximum atomic E-state index is 12.8. The van der Waals surface area contributed by atoms with E-state index in [1.54, 1.807) is 57.2 Å². The van der Waals surface area contributed by atoms with Gasteiger partial charge in [-0.1, -0.05) is 40.2 Å². The topological polar surface area (TPSA) is 83.5 Å². The molecule has 0 bridgehead atoms. The lowest BCUT2D eigenvalue weighted by atomic mass is 10.00. The predicted molar refractivity (Wildman–Crippen MR) is 102 cm³/mol. The molecule has 0 aliphatic rings. The molecule has 2 aromatic rings. The number of rotatable bonds is 5. The fourth-order valence-electron chi connectivity index (χ4n) is 2.48. The Bertz CT molecular complexity index is 902. The van der Waals surface area contributed by atoms with E-state index in [2.05, 4.69) is 20.7 Å². The first-order chi connectivity index (χ1) is 11.5. The number of hydrogen-bond donors (Lipinski definition) is 2. The third-order valence-electron chi connectivity index (χ3n) is 3.41. The molecule has 0 saturated heterocycles. The highest BCUT2D eigenvalue weighted by molar-refractivity contribution is 9.08. The molecule has 2 rings (SSSR count). The highest BCUT2D eigenvalue weighted by atomic mass is 79.9. The number of carboxylic acids is 1.